The lowest BCUT2D eigenvalue weighted by Gasteiger charge is -2.12. The third-order valence-electron chi connectivity index (χ3n) is 2.62. The molecule has 0 saturated heterocycles. The summed E-state index contributed by atoms with van der Waals surface area (Å²) in [6.45, 7) is 0.950. The number of rotatable bonds is 3. The Bertz CT molecular complexity index is 329. The van der Waals surface area contributed by atoms with Crippen LogP contribution in [0.2, 0.25) is 0 Å². The highest BCUT2D eigenvalue weighted by atomic mass is 15.0. The van der Waals surface area contributed by atoms with Crippen molar-refractivity contribution in [3.8, 4) is 0 Å². The number of nitrogens with two attached hydrogens (primary N) is 1. The monoisotopic (exact) mass is 191 g/mol. The third kappa shape index (κ3) is 1.94. The molecule has 0 bridgehead atoms. The lowest BCUT2D eigenvalue weighted by molar-refractivity contribution is 0.402. The summed E-state index contributed by atoms with van der Waals surface area (Å²) in [6, 6.07) is 4.18. The van der Waals surface area contributed by atoms with Crippen LogP contribution in [0.15, 0.2) is 18.3 Å². The standard InChI is InChI=1S/C11H17N3/c1-14(2)8-9-3-6-13-10(7-9)11(12)4-5-11/h3,6-7H,4-5,8,12H2,1-2H3. The fraction of sp³-hybridized carbons (Fsp3) is 0.545. The van der Waals surface area contributed by atoms with Crippen molar-refractivity contribution in [1.29, 1.82) is 0 Å². The van der Waals surface area contributed by atoms with Gasteiger partial charge in [-0.15, -0.1) is 0 Å². The Hall–Kier alpha value is -0.930. The fourth-order valence-electron chi connectivity index (χ4n) is 1.60. The van der Waals surface area contributed by atoms with Gasteiger partial charge in [-0.25, -0.2) is 0 Å². The van der Waals surface area contributed by atoms with Crippen LogP contribution in [0.3, 0.4) is 0 Å². The molecule has 3 heteroatoms. The topological polar surface area (TPSA) is 42.2 Å². The second-order valence-electron chi connectivity index (χ2n) is 4.44. The van der Waals surface area contributed by atoms with Crippen molar-refractivity contribution in [3.05, 3.63) is 29.6 Å². The SMILES string of the molecule is CN(C)Cc1ccnc(C2(N)CC2)c1. The fourth-order valence-corrected chi connectivity index (χ4v) is 1.60. The highest BCUT2D eigenvalue weighted by Crippen LogP contribution is 2.41. The summed E-state index contributed by atoms with van der Waals surface area (Å²) in [4.78, 5) is 6.48. The van der Waals surface area contributed by atoms with E-state index in [1.807, 2.05) is 6.20 Å². The highest BCUT2D eigenvalue weighted by molar-refractivity contribution is 5.26. The molecule has 14 heavy (non-hydrogen) atoms. The van der Waals surface area contributed by atoms with E-state index < -0.39 is 0 Å². The van der Waals surface area contributed by atoms with Crippen molar-refractivity contribution >= 4 is 0 Å². The summed E-state index contributed by atoms with van der Waals surface area (Å²) in [5.74, 6) is 0. The zero-order chi connectivity index (χ0) is 10.2. The van der Waals surface area contributed by atoms with E-state index >= 15 is 0 Å². The molecule has 1 fully saturated rings. The first-order chi connectivity index (χ1) is 6.60. The molecular formula is C11H17N3. The molecule has 0 aromatic carbocycles. The van der Waals surface area contributed by atoms with Crippen molar-refractivity contribution in [1.82, 2.24) is 9.88 Å². The number of hydrogen-bond donors (Lipinski definition) is 1. The lowest BCUT2D eigenvalue weighted by atomic mass is 10.1. The first-order valence-electron chi connectivity index (χ1n) is 4.99. The average Bonchev–Trinajstić information content (AvgIpc) is 2.84. The van der Waals surface area contributed by atoms with Gasteiger partial charge in [-0.2, -0.15) is 0 Å². The molecule has 1 aromatic rings. The molecule has 2 rings (SSSR count). The van der Waals surface area contributed by atoms with Gasteiger partial charge in [0.1, 0.15) is 0 Å². The van der Waals surface area contributed by atoms with Crippen molar-refractivity contribution in [2.24, 2.45) is 5.73 Å². The summed E-state index contributed by atoms with van der Waals surface area (Å²) in [5, 5.41) is 0. The highest BCUT2D eigenvalue weighted by Gasteiger charge is 2.41. The van der Waals surface area contributed by atoms with Gasteiger partial charge in [0.15, 0.2) is 0 Å². The molecule has 0 spiro atoms. The molecule has 3 nitrogen and oxygen atoms in total. The van der Waals surface area contributed by atoms with Crippen LogP contribution in [0.25, 0.3) is 0 Å². The molecule has 1 aliphatic rings. The largest absolute Gasteiger partial charge is 0.320 e. The summed E-state index contributed by atoms with van der Waals surface area (Å²) in [6.07, 6.45) is 4.01. The van der Waals surface area contributed by atoms with Gasteiger partial charge < -0.3 is 10.6 Å². The van der Waals surface area contributed by atoms with Gasteiger partial charge in [0.05, 0.1) is 11.2 Å². The Morgan fingerprint density at radius 3 is 2.79 bits per heavy atom. The second kappa shape index (κ2) is 3.33. The second-order valence-corrected chi connectivity index (χ2v) is 4.44. The Labute approximate surface area is 84.9 Å². The van der Waals surface area contributed by atoms with E-state index in [0.717, 1.165) is 25.1 Å². The van der Waals surface area contributed by atoms with E-state index in [9.17, 15) is 0 Å². The third-order valence-corrected chi connectivity index (χ3v) is 2.62. The van der Waals surface area contributed by atoms with Crippen molar-refractivity contribution in [3.63, 3.8) is 0 Å². The van der Waals surface area contributed by atoms with Crippen LogP contribution in [-0.4, -0.2) is 24.0 Å². The van der Waals surface area contributed by atoms with E-state index in [1.165, 1.54) is 5.56 Å². The lowest BCUT2D eigenvalue weighted by Crippen LogP contribution is -2.21. The van der Waals surface area contributed by atoms with Crippen molar-refractivity contribution in [2.45, 2.75) is 24.9 Å². The first kappa shape index (κ1) is 9.62. The number of hydrogen-bond acceptors (Lipinski definition) is 3. The molecule has 0 unspecified atom stereocenters. The van der Waals surface area contributed by atoms with Gasteiger partial charge in [-0.3, -0.25) is 4.98 Å². The number of aromatic nitrogens is 1. The molecule has 1 heterocycles. The molecule has 0 aliphatic heterocycles. The summed E-state index contributed by atoms with van der Waals surface area (Å²) >= 11 is 0. The van der Waals surface area contributed by atoms with Crippen LogP contribution in [0.5, 0.6) is 0 Å². The minimum absolute atomic E-state index is 0.109. The predicted molar refractivity (Wildman–Crippen MR) is 56.7 cm³/mol. The van der Waals surface area contributed by atoms with E-state index in [-0.39, 0.29) is 5.54 Å². The van der Waals surface area contributed by atoms with Gasteiger partial charge in [-0.05, 0) is 44.6 Å². The first-order valence-corrected chi connectivity index (χ1v) is 4.99. The van der Waals surface area contributed by atoms with Gasteiger partial charge in [0.2, 0.25) is 0 Å². The molecular weight excluding hydrogens is 174 g/mol. The van der Waals surface area contributed by atoms with Gasteiger partial charge in [0, 0.05) is 12.7 Å². The quantitative estimate of drug-likeness (QED) is 0.777. The Morgan fingerprint density at radius 2 is 2.21 bits per heavy atom. The van der Waals surface area contributed by atoms with E-state index in [1.54, 1.807) is 0 Å². The van der Waals surface area contributed by atoms with Gasteiger partial charge in [0.25, 0.3) is 0 Å². The molecule has 0 radical (unpaired) electrons. The van der Waals surface area contributed by atoms with Crippen LogP contribution >= 0.6 is 0 Å². The molecule has 0 amide bonds. The van der Waals surface area contributed by atoms with Gasteiger partial charge >= 0.3 is 0 Å². The Kier molecular flexibility index (Phi) is 2.29. The molecule has 1 aromatic heterocycles. The van der Waals surface area contributed by atoms with Crippen LogP contribution in [0.1, 0.15) is 24.1 Å². The van der Waals surface area contributed by atoms with E-state index in [0.29, 0.717) is 0 Å². The maximum Gasteiger partial charge on any atom is 0.0605 e. The zero-order valence-electron chi connectivity index (χ0n) is 8.83. The van der Waals surface area contributed by atoms with Crippen molar-refractivity contribution < 1.29 is 0 Å². The molecule has 76 valence electrons. The molecule has 2 N–H and O–H groups in total. The summed E-state index contributed by atoms with van der Waals surface area (Å²) in [5.41, 5.74) is 8.32. The summed E-state index contributed by atoms with van der Waals surface area (Å²) in [7, 11) is 4.13. The summed E-state index contributed by atoms with van der Waals surface area (Å²) < 4.78 is 0. The van der Waals surface area contributed by atoms with Crippen LogP contribution in [0, 0.1) is 0 Å². The molecule has 0 atom stereocenters. The van der Waals surface area contributed by atoms with Crippen LogP contribution in [0.4, 0.5) is 0 Å². The Balaban J connectivity index is 2.19. The van der Waals surface area contributed by atoms with Crippen LogP contribution < -0.4 is 5.73 Å². The Morgan fingerprint density at radius 1 is 1.50 bits per heavy atom. The maximum atomic E-state index is 6.09. The number of nitrogens with zero attached hydrogens (tertiary/aromatic N) is 2. The maximum absolute atomic E-state index is 6.09. The smallest absolute Gasteiger partial charge is 0.0605 e. The molecule has 1 aliphatic carbocycles. The minimum atomic E-state index is -0.109. The zero-order valence-corrected chi connectivity index (χ0v) is 8.83. The average molecular weight is 191 g/mol. The van der Waals surface area contributed by atoms with E-state index in [4.69, 9.17) is 5.73 Å². The van der Waals surface area contributed by atoms with Crippen LogP contribution in [-0.2, 0) is 12.1 Å². The van der Waals surface area contributed by atoms with Gasteiger partial charge in [-0.1, -0.05) is 0 Å². The van der Waals surface area contributed by atoms with Crippen molar-refractivity contribution in [2.75, 3.05) is 14.1 Å². The minimum Gasteiger partial charge on any atom is -0.320 e. The normalized spacial score (nSPS) is 18.6. The molecule has 1 saturated carbocycles. The predicted octanol–water partition coefficient (Wildman–Crippen LogP) is 1.09. The van der Waals surface area contributed by atoms with E-state index in [2.05, 4.69) is 36.1 Å². The number of pyridine rings is 1.